The lowest BCUT2D eigenvalue weighted by atomic mass is 10.3. The van der Waals surface area contributed by atoms with Crippen LogP contribution in [0.2, 0.25) is 0 Å². The zero-order valence-electron chi connectivity index (χ0n) is 9.35. The van der Waals surface area contributed by atoms with Gasteiger partial charge < -0.3 is 4.98 Å². The van der Waals surface area contributed by atoms with Crippen molar-refractivity contribution in [3.05, 3.63) is 55.8 Å². The van der Waals surface area contributed by atoms with E-state index in [0.717, 1.165) is 16.7 Å². The van der Waals surface area contributed by atoms with Crippen LogP contribution in [0.1, 0.15) is 0 Å². The first kappa shape index (κ1) is 14.3. The van der Waals surface area contributed by atoms with Gasteiger partial charge >= 0.3 is 0 Å². The molecule has 100 valence electrons. The third kappa shape index (κ3) is 3.26. The maximum absolute atomic E-state index is 12.1. The maximum atomic E-state index is 12.1. The standard InChI is InChI=1S/C11H8Br2N2O3S/c12-7-1-2-8(13)9(5-7)15-19(17,18)11-6-14-4-3-10(11)16/h1-6,15H,(H,14,16). The zero-order chi connectivity index (χ0) is 14.0. The van der Waals surface area contributed by atoms with Crippen LogP contribution in [-0.2, 0) is 10.0 Å². The van der Waals surface area contributed by atoms with E-state index in [1.807, 2.05) is 0 Å². The van der Waals surface area contributed by atoms with E-state index < -0.39 is 15.5 Å². The van der Waals surface area contributed by atoms with Crippen molar-refractivity contribution in [2.24, 2.45) is 0 Å². The van der Waals surface area contributed by atoms with Gasteiger partial charge in [0, 0.05) is 27.4 Å². The zero-order valence-corrected chi connectivity index (χ0v) is 13.3. The highest BCUT2D eigenvalue weighted by Crippen LogP contribution is 2.27. The van der Waals surface area contributed by atoms with Crippen molar-refractivity contribution in [3.8, 4) is 0 Å². The average Bonchev–Trinajstić information content (AvgIpc) is 2.34. The summed E-state index contributed by atoms with van der Waals surface area (Å²) in [4.78, 5) is 13.8. The van der Waals surface area contributed by atoms with E-state index >= 15 is 0 Å². The van der Waals surface area contributed by atoms with Crippen LogP contribution in [0.15, 0.2) is 55.3 Å². The van der Waals surface area contributed by atoms with Crippen LogP contribution in [0.4, 0.5) is 5.69 Å². The Kier molecular flexibility index (Phi) is 4.12. The molecule has 0 aliphatic carbocycles. The van der Waals surface area contributed by atoms with Crippen LogP contribution in [0.3, 0.4) is 0 Å². The summed E-state index contributed by atoms with van der Waals surface area (Å²) in [5.74, 6) is 0. The van der Waals surface area contributed by atoms with Gasteiger partial charge in [-0.15, -0.1) is 0 Å². The van der Waals surface area contributed by atoms with Gasteiger partial charge in [-0.2, -0.15) is 0 Å². The van der Waals surface area contributed by atoms with Crippen LogP contribution < -0.4 is 10.2 Å². The summed E-state index contributed by atoms with van der Waals surface area (Å²) < 4.78 is 27.9. The van der Waals surface area contributed by atoms with Crippen molar-refractivity contribution < 1.29 is 8.42 Å². The number of sulfonamides is 1. The number of hydrogen-bond donors (Lipinski definition) is 2. The van der Waals surface area contributed by atoms with E-state index in [4.69, 9.17) is 0 Å². The number of anilines is 1. The number of pyridine rings is 1. The largest absolute Gasteiger partial charge is 0.366 e. The molecule has 2 aromatic rings. The van der Waals surface area contributed by atoms with Crippen molar-refractivity contribution in [2.75, 3.05) is 4.72 Å². The summed E-state index contributed by atoms with van der Waals surface area (Å²) in [6.45, 7) is 0. The van der Waals surface area contributed by atoms with E-state index in [-0.39, 0.29) is 4.90 Å². The molecular formula is C11H8Br2N2O3S. The van der Waals surface area contributed by atoms with Gasteiger partial charge in [-0.25, -0.2) is 8.42 Å². The number of nitrogens with one attached hydrogen (secondary N) is 2. The van der Waals surface area contributed by atoms with E-state index in [2.05, 4.69) is 41.6 Å². The first-order valence-corrected chi connectivity index (χ1v) is 8.12. The fourth-order valence-corrected chi connectivity index (χ4v) is 3.35. The van der Waals surface area contributed by atoms with Crippen LogP contribution in [0, 0.1) is 0 Å². The minimum absolute atomic E-state index is 0.332. The fraction of sp³-hybridized carbons (Fsp3) is 0. The van der Waals surface area contributed by atoms with E-state index in [9.17, 15) is 13.2 Å². The van der Waals surface area contributed by atoms with Crippen molar-refractivity contribution in [1.82, 2.24) is 4.98 Å². The van der Waals surface area contributed by atoms with Crippen molar-refractivity contribution >= 4 is 47.6 Å². The molecule has 0 fully saturated rings. The van der Waals surface area contributed by atoms with Gasteiger partial charge in [0.15, 0.2) is 4.90 Å². The predicted molar refractivity (Wildman–Crippen MR) is 79.7 cm³/mol. The summed E-state index contributed by atoms with van der Waals surface area (Å²) in [7, 11) is -3.93. The van der Waals surface area contributed by atoms with Crippen molar-refractivity contribution in [1.29, 1.82) is 0 Å². The predicted octanol–water partition coefficient (Wildman–Crippen LogP) is 2.70. The summed E-state index contributed by atoms with van der Waals surface area (Å²) in [6.07, 6.45) is 2.52. The van der Waals surface area contributed by atoms with Crippen LogP contribution in [-0.4, -0.2) is 13.4 Å². The molecule has 0 spiro atoms. The molecule has 0 radical (unpaired) electrons. The molecule has 0 aliphatic heterocycles. The third-order valence-electron chi connectivity index (χ3n) is 2.25. The second kappa shape index (κ2) is 5.48. The minimum Gasteiger partial charge on any atom is -0.366 e. The molecule has 2 rings (SSSR count). The Labute approximate surface area is 126 Å². The van der Waals surface area contributed by atoms with E-state index in [1.54, 1.807) is 18.2 Å². The number of halogens is 2. The lowest BCUT2D eigenvalue weighted by Gasteiger charge is -2.09. The van der Waals surface area contributed by atoms with E-state index in [0.29, 0.717) is 10.2 Å². The Morgan fingerprint density at radius 2 is 1.89 bits per heavy atom. The number of aromatic amines is 1. The van der Waals surface area contributed by atoms with Gasteiger partial charge in [-0.05, 0) is 34.1 Å². The molecule has 1 aromatic heterocycles. The summed E-state index contributed by atoms with van der Waals surface area (Å²) >= 11 is 6.49. The second-order valence-electron chi connectivity index (χ2n) is 3.60. The number of rotatable bonds is 3. The molecule has 8 heteroatoms. The highest BCUT2D eigenvalue weighted by molar-refractivity contribution is 9.11. The second-order valence-corrected chi connectivity index (χ2v) is 7.02. The Morgan fingerprint density at radius 3 is 2.58 bits per heavy atom. The molecule has 1 aromatic carbocycles. The molecular weight excluding hydrogens is 400 g/mol. The Morgan fingerprint density at radius 1 is 1.16 bits per heavy atom. The van der Waals surface area contributed by atoms with Crippen LogP contribution in [0.25, 0.3) is 0 Å². The highest BCUT2D eigenvalue weighted by Gasteiger charge is 2.18. The quantitative estimate of drug-likeness (QED) is 0.820. The van der Waals surface area contributed by atoms with Gasteiger partial charge in [-0.1, -0.05) is 15.9 Å². The third-order valence-corrected chi connectivity index (χ3v) is 4.82. The van der Waals surface area contributed by atoms with Crippen LogP contribution in [0.5, 0.6) is 0 Å². The number of H-pyrrole nitrogens is 1. The summed E-state index contributed by atoms with van der Waals surface area (Å²) in [5, 5.41) is 0. The first-order chi connectivity index (χ1) is 8.90. The maximum Gasteiger partial charge on any atom is 0.267 e. The average molecular weight is 408 g/mol. The number of benzene rings is 1. The fourth-order valence-electron chi connectivity index (χ4n) is 1.39. The molecule has 0 atom stereocenters. The van der Waals surface area contributed by atoms with Gasteiger partial charge in [0.05, 0.1) is 5.69 Å². The number of hydrogen-bond acceptors (Lipinski definition) is 3. The Balaban J connectivity index is 2.45. The number of aromatic nitrogens is 1. The van der Waals surface area contributed by atoms with Gasteiger partial charge in [0.2, 0.25) is 5.43 Å². The monoisotopic (exact) mass is 406 g/mol. The molecule has 0 saturated heterocycles. The molecule has 0 saturated carbocycles. The lowest BCUT2D eigenvalue weighted by molar-refractivity contribution is 0.600. The lowest BCUT2D eigenvalue weighted by Crippen LogP contribution is -2.21. The summed E-state index contributed by atoms with van der Waals surface area (Å²) in [6, 6.07) is 6.21. The van der Waals surface area contributed by atoms with E-state index in [1.165, 1.54) is 6.20 Å². The van der Waals surface area contributed by atoms with Gasteiger partial charge in [0.1, 0.15) is 0 Å². The first-order valence-electron chi connectivity index (χ1n) is 5.05. The molecule has 0 unspecified atom stereocenters. The van der Waals surface area contributed by atoms with Crippen LogP contribution >= 0.6 is 31.9 Å². The summed E-state index contributed by atoms with van der Waals surface area (Å²) in [5.41, 5.74) is -0.227. The van der Waals surface area contributed by atoms with Gasteiger partial charge in [-0.3, -0.25) is 9.52 Å². The molecule has 1 heterocycles. The molecule has 0 amide bonds. The SMILES string of the molecule is O=c1cc[nH]cc1S(=O)(=O)Nc1cc(Br)ccc1Br. The topological polar surface area (TPSA) is 79.0 Å². The van der Waals surface area contributed by atoms with Gasteiger partial charge in [0.25, 0.3) is 10.0 Å². The minimum atomic E-state index is -3.93. The highest BCUT2D eigenvalue weighted by atomic mass is 79.9. The Hall–Kier alpha value is -1.12. The molecule has 0 aliphatic rings. The molecule has 19 heavy (non-hydrogen) atoms. The van der Waals surface area contributed by atoms with Crippen molar-refractivity contribution in [2.45, 2.75) is 4.90 Å². The smallest absolute Gasteiger partial charge is 0.267 e. The molecule has 2 N–H and O–H groups in total. The molecule has 0 bridgehead atoms. The normalized spacial score (nSPS) is 11.3. The molecule has 5 nitrogen and oxygen atoms in total. The Bertz CT molecular complexity index is 772. The van der Waals surface area contributed by atoms with Crippen molar-refractivity contribution in [3.63, 3.8) is 0 Å².